The molecule has 0 saturated carbocycles. The van der Waals surface area contributed by atoms with E-state index >= 15 is 0 Å². The van der Waals surface area contributed by atoms with E-state index in [-0.39, 0.29) is 11.6 Å². The molecule has 0 atom stereocenters. The minimum atomic E-state index is -0.271. The number of carbonyl (C=O) groups excluding carboxylic acids is 1. The minimum Gasteiger partial charge on any atom is -0.361 e. The molecule has 136 valence electrons. The molecule has 1 amide bonds. The molecule has 1 aromatic heterocycles. The van der Waals surface area contributed by atoms with Crippen LogP contribution in [-0.2, 0) is 6.42 Å². The van der Waals surface area contributed by atoms with Gasteiger partial charge < -0.3 is 15.1 Å². The van der Waals surface area contributed by atoms with E-state index in [2.05, 4.69) is 44.7 Å². The van der Waals surface area contributed by atoms with Gasteiger partial charge in [-0.15, -0.1) is 10.2 Å². The predicted octanol–water partition coefficient (Wildman–Crippen LogP) is 3.49. The summed E-state index contributed by atoms with van der Waals surface area (Å²) in [4.78, 5) is 16.5. The number of hydrogen-bond donors (Lipinski definition) is 1. The lowest BCUT2D eigenvalue weighted by molar-refractivity contribution is 0.102. The number of benzene rings is 2. The fourth-order valence-electron chi connectivity index (χ4n) is 3.21. The minimum absolute atomic E-state index is 0.271. The lowest BCUT2D eigenvalue weighted by Gasteiger charge is -2.20. The Hall–Kier alpha value is -3.41. The maximum atomic E-state index is 12.4. The van der Waals surface area contributed by atoms with Gasteiger partial charge in [-0.1, -0.05) is 18.2 Å². The van der Waals surface area contributed by atoms with Gasteiger partial charge in [0.05, 0.1) is 0 Å². The number of amides is 1. The Morgan fingerprint density at radius 3 is 2.48 bits per heavy atom. The lowest BCUT2D eigenvalue weighted by atomic mass is 10.2. The topological polar surface area (TPSA) is 61.4 Å². The zero-order valence-electron chi connectivity index (χ0n) is 15.4. The summed E-state index contributed by atoms with van der Waals surface area (Å²) in [5.74, 6) is 0.439. The summed E-state index contributed by atoms with van der Waals surface area (Å²) in [5.41, 5.74) is 4.76. The standard InChI is InChI=1S/C21H21N5O/c1-25(2)20-12-11-18(23-24-20)21(27)22-16-7-9-17(10-8-16)26-14-13-15-5-3-4-6-19(15)26/h3-12H,13-14H2,1-2H3,(H,22,27). The van der Waals surface area contributed by atoms with Gasteiger partial charge in [0.1, 0.15) is 0 Å². The molecule has 3 aromatic rings. The number of para-hydroxylation sites is 1. The van der Waals surface area contributed by atoms with Crippen molar-refractivity contribution in [2.75, 3.05) is 35.8 Å². The summed E-state index contributed by atoms with van der Waals surface area (Å²) in [7, 11) is 3.76. The van der Waals surface area contributed by atoms with E-state index in [0.717, 1.165) is 24.3 Å². The second-order valence-electron chi connectivity index (χ2n) is 6.70. The van der Waals surface area contributed by atoms with Gasteiger partial charge in [-0.2, -0.15) is 0 Å². The summed E-state index contributed by atoms with van der Waals surface area (Å²) in [6.07, 6.45) is 1.05. The number of nitrogens with zero attached hydrogens (tertiary/aromatic N) is 4. The largest absolute Gasteiger partial charge is 0.361 e. The van der Waals surface area contributed by atoms with E-state index in [9.17, 15) is 4.79 Å². The van der Waals surface area contributed by atoms with E-state index in [1.165, 1.54) is 11.3 Å². The molecule has 1 aliphatic rings. The van der Waals surface area contributed by atoms with Gasteiger partial charge in [-0.05, 0) is 54.4 Å². The molecular weight excluding hydrogens is 338 g/mol. The molecule has 0 unspecified atom stereocenters. The van der Waals surface area contributed by atoms with Gasteiger partial charge in [0.15, 0.2) is 11.5 Å². The fourth-order valence-corrected chi connectivity index (χ4v) is 3.21. The van der Waals surface area contributed by atoms with E-state index in [1.807, 2.05) is 43.3 Å². The zero-order chi connectivity index (χ0) is 18.8. The van der Waals surface area contributed by atoms with Crippen LogP contribution in [0.5, 0.6) is 0 Å². The number of aromatic nitrogens is 2. The third-order valence-corrected chi connectivity index (χ3v) is 4.67. The lowest BCUT2D eigenvalue weighted by Crippen LogP contribution is -2.17. The van der Waals surface area contributed by atoms with Crippen LogP contribution in [0.25, 0.3) is 0 Å². The van der Waals surface area contributed by atoms with Crippen LogP contribution in [0.2, 0.25) is 0 Å². The molecule has 0 bridgehead atoms. The highest BCUT2D eigenvalue weighted by Gasteiger charge is 2.19. The molecule has 0 saturated heterocycles. The van der Waals surface area contributed by atoms with E-state index in [0.29, 0.717) is 5.82 Å². The number of hydrogen-bond acceptors (Lipinski definition) is 5. The summed E-state index contributed by atoms with van der Waals surface area (Å²) < 4.78 is 0. The van der Waals surface area contributed by atoms with Crippen molar-refractivity contribution in [3.63, 3.8) is 0 Å². The van der Waals surface area contributed by atoms with Crippen LogP contribution < -0.4 is 15.1 Å². The molecular formula is C21H21N5O. The second-order valence-corrected chi connectivity index (χ2v) is 6.70. The highest BCUT2D eigenvalue weighted by Crippen LogP contribution is 2.34. The predicted molar refractivity (Wildman–Crippen MR) is 108 cm³/mol. The van der Waals surface area contributed by atoms with Crippen LogP contribution in [0.1, 0.15) is 16.1 Å². The molecule has 0 fully saturated rings. The monoisotopic (exact) mass is 359 g/mol. The first kappa shape index (κ1) is 17.0. The van der Waals surface area contributed by atoms with Crippen molar-refractivity contribution in [3.05, 3.63) is 71.9 Å². The van der Waals surface area contributed by atoms with Crippen molar-refractivity contribution >= 4 is 28.8 Å². The first-order valence-corrected chi connectivity index (χ1v) is 8.90. The smallest absolute Gasteiger partial charge is 0.276 e. The summed E-state index contributed by atoms with van der Waals surface area (Å²) in [5, 5.41) is 10.9. The van der Waals surface area contributed by atoms with E-state index in [4.69, 9.17) is 0 Å². The number of nitrogens with one attached hydrogen (secondary N) is 1. The molecule has 1 N–H and O–H groups in total. The first-order chi connectivity index (χ1) is 13.1. The van der Waals surface area contributed by atoms with Crippen molar-refractivity contribution in [1.82, 2.24) is 10.2 Å². The van der Waals surface area contributed by atoms with Crippen LogP contribution in [-0.4, -0.2) is 36.7 Å². The molecule has 2 aromatic carbocycles. The Labute approximate surface area is 158 Å². The SMILES string of the molecule is CN(C)c1ccc(C(=O)Nc2ccc(N3CCc4ccccc43)cc2)nn1. The third-order valence-electron chi connectivity index (χ3n) is 4.67. The summed E-state index contributed by atoms with van der Waals surface area (Å²) in [6.45, 7) is 0.971. The number of anilines is 4. The number of rotatable bonds is 4. The van der Waals surface area contributed by atoms with Gasteiger partial charge in [-0.25, -0.2) is 0 Å². The Morgan fingerprint density at radius 2 is 1.78 bits per heavy atom. The molecule has 6 heteroatoms. The van der Waals surface area contributed by atoms with Crippen molar-refractivity contribution in [3.8, 4) is 0 Å². The Balaban J connectivity index is 1.46. The van der Waals surface area contributed by atoms with Gasteiger partial charge in [0, 0.05) is 37.7 Å². The maximum absolute atomic E-state index is 12.4. The molecule has 0 radical (unpaired) electrons. The average Bonchev–Trinajstić information content (AvgIpc) is 3.13. The van der Waals surface area contributed by atoms with E-state index in [1.54, 1.807) is 12.1 Å². The van der Waals surface area contributed by atoms with Gasteiger partial charge in [0.25, 0.3) is 5.91 Å². The summed E-state index contributed by atoms with van der Waals surface area (Å²) >= 11 is 0. The molecule has 6 nitrogen and oxygen atoms in total. The molecule has 27 heavy (non-hydrogen) atoms. The third kappa shape index (κ3) is 3.46. The first-order valence-electron chi connectivity index (χ1n) is 8.90. The molecule has 0 aliphatic carbocycles. The van der Waals surface area contributed by atoms with Gasteiger partial charge in [0.2, 0.25) is 0 Å². The van der Waals surface area contributed by atoms with Crippen LogP contribution in [0.3, 0.4) is 0 Å². The second kappa shape index (κ2) is 7.07. The van der Waals surface area contributed by atoms with Crippen LogP contribution in [0, 0.1) is 0 Å². The maximum Gasteiger partial charge on any atom is 0.276 e. The Kier molecular flexibility index (Phi) is 4.46. The van der Waals surface area contributed by atoms with E-state index < -0.39 is 0 Å². The molecule has 4 rings (SSSR count). The van der Waals surface area contributed by atoms with Crippen LogP contribution in [0.4, 0.5) is 22.9 Å². The Bertz CT molecular complexity index is 951. The quantitative estimate of drug-likeness (QED) is 0.773. The van der Waals surface area contributed by atoms with Crippen LogP contribution >= 0.6 is 0 Å². The highest BCUT2D eigenvalue weighted by atomic mass is 16.1. The number of fused-ring (bicyclic) bond motifs is 1. The van der Waals surface area contributed by atoms with Crippen LogP contribution in [0.15, 0.2) is 60.7 Å². The summed E-state index contributed by atoms with van der Waals surface area (Å²) in [6, 6.07) is 19.8. The van der Waals surface area contributed by atoms with Crippen molar-refractivity contribution in [2.24, 2.45) is 0 Å². The molecule has 0 spiro atoms. The number of carbonyl (C=O) groups is 1. The fraction of sp³-hybridized carbons (Fsp3) is 0.190. The van der Waals surface area contributed by atoms with Crippen molar-refractivity contribution in [2.45, 2.75) is 6.42 Å². The van der Waals surface area contributed by atoms with Crippen molar-refractivity contribution < 1.29 is 4.79 Å². The normalized spacial score (nSPS) is 12.6. The average molecular weight is 359 g/mol. The molecule has 2 heterocycles. The zero-order valence-corrected chi connectivity index (χ0v) is 15.4. The van der Waals surface area contributed by atoms with Crippen molar-refractivity contribution in [1.29, 1.82) is 0 Å². The van der Waals surface area contributed by atoms with Gasteiger partial charge in [-0.3, -0.25) is 4.79 Å². The Morgan fingerprint density at radius 1 is 1.00 bits per heavy atom. The molecule has 1 aliphatic heterocycles. The van der Waals surface area contributed by atoms with Gasteiger partial charge >= 0.3 is 0 Å². The highest BCUT2D eigenvalue weighted by molar-refractivity contribution is 6.02.